The van der Waals surface area contributed by atoms with E-state index < -0.39 is 0 Å². The molecular weight excluding hydrogens is 366 g/mol. The summed E-state index contributed by atoms with van der Waals surface area (Å²) in [4.78, 5) is 15.0. The summed E-state index contributed by atoms with van der Waals surface area (Å²) in [5.41, 5.74) is 3.30. The molecule has 0 saturated carbocycles. The van der Waals surface area contributed by atoms with Crippen LogP contribution in [0.3, 0.4) is 0 Å². The van der Waals surface area contributed by atoms with Crippen molar-refractivity contribution in [3.8, 4) is 17.2 Å². The maximum absolute atomic E-state index is 13.1. The summed E-state index contributed by atoms with van der Waals surface area (Å²) >= 11 is 6.09. The van der Waals surface area contributed by atoms with Crippen molar-refractivity contribution in [2.75, 3.05) is 27.4 Å². The molecule has 2 aromatic carbocycles. The highest BCUT2D eigenvalue weighted by Gasteiger charge is 2.31. The lowest BCUT2D eigenvalue weighted by Gasteiger charge is -2.34. The van der Waals surface area contributed by atoms with Gasteiger partial charge in [-0.15, -0.1) is 0 Å². The molecule has 1 amide bonds. The Morgan fingerprint density at radius 3 is 2.59 bits per heavy atom. The highest BCUT2D eigenvalue weighted by Crippen LogP contribution is 2.35. The number of hydrogen-bond donors (Lipinski definition) is 0. The van der Waals surface area contributed by atoms with Gasteiger partial charge in [-0.2, -0.15) is 0 Å². The summed E-state index contributed by atoms with van der Waals surface area (Å²) in [5.74, 6) is 2.18. The van der Waals surface area contributed by atoms with Crippen molar-refractivity contribution in [3.05, 3.63) is 52.0 Å². The van der Waals surface area contributed by atoms with Gasteiger partial charge in [-0.3, -0.25) is 4.79 Å². The van der Waals surface area contributed by atoms with Crippen molar-refractivity contribution in [2.24, 2.45) is 5.92 Å². The normalized spacial score (nSPS) is 18.2. The van der Waals surface area contributed by atoms with Crippen LogP contribution in [-0.4, -0.2) is 38.2 Å². The van der Waals surface area contributed by atoms with Crippen LogP contribution in [0.4, 0.5) is 0 Å². The fraction of sp³-hybridized carbons (Fsp3) is 0.381. The van der Waals surface area contributed by atoms with Crippen molar-refractivity contribution in [1.82, 2.24) is 4.90 Å². The van der Waals surface area contributed by atoms with Crippen molar-refractivity contribution in [3.63, 3.8) is 0 Å². The predicted octanol–water partition coefficient (Wildman–Crippen LogP) is 3.49. The zero-order valence-corrected chi connectivity index (χ0v) is 16.2. The van der Waals surface area contributed by atoms with E-state index in [0.29, 0.717) is 36.9 Å². The number of rotatable bonds is 3. The molecule has 5 nitrogen and oxygen atoms in total. The molecule has 2 aliphatic rings. The fourth-order valence-corrected chi connectivity index (χ4v) is 4.05. The molecule has 0 unspecified atom stereocenters. The van der Waals surface area contributed by atoms with E-state index in [2.05, 4.69) is 0 Å². The minimum Gasteiger partial charge on any atom is -0.493 e. The zero-order chi connectivity index (χ0) is 19.0. The van der Waals surface area contributed by atoms with Crippen LogP contribution in [0.1, 0.15) is 16.7 Å². The molecule has 0 saturated heterocycles. The molecule has 0 aliphatic carbocycles. The van der Waals surface area contributed by atoms with E-state index in [4.69, 9.17) is 25.8 Å². The maximum atomic E-state index is 13.1. The van der Waals surface area contributed by atoms with Crippen LogP contribution in [0, 0.1) is 5.92 Å². The molecule has 0 aromatic heterocycles. The van der Waals surface area contributed by atoms with Gasteiger partial charge >= 0.3 is 0 Å². The number of nitrogens with zero attached hydrogens (tertiary/aromatic N) is 1. The van der Waals surface area contributed by atoms with E-state index in [1.54, 1.807) is 14.2 Å². The van der Waals surface area contributed by atoms with E-state index in [1.807, 2.05) is 35.2 Å². The smallest absolute Gasteiger partial charge is 0.229 e. The van der Waals surface area contributed by atoms with E-state index >= 15 is 0 Å². The maximum Gasteiger partial charge on any atom is 0.229 e. The Kier molecular flexibility index (Phi) is 4.87. The molecule has 2 aliphatic heterocycles. The van der Waals surface area contributed by atoms with Crippen molar-refractivity contribution in [2.45, 2.75) is 19.4 Å². The molecule has 142 valence electrons. The van der Waals surface area contributed by atoms with E-state index in [-0.39, 0.29) is 11.8 Å². The largest absolute Gasteiger partial charge is 0.493 e. The van der Waals surface area contributed by atoms with Crippen LogP contribution in [0.5, 0.6) is 17.2 Å². The number of hydrogen-bond acceptors (Lipinski definition) is 4. The second kappa shape index (κ2) is 7.31. The van der Waals surface area contributed by atoms with E-state index in [0.717, 1.165) is 29.0 Å². The Labute approximate surface area is 163 Å². The third-order valence-corrected chi connectivity index (χ3v) is 5.54. The molecule has 0 spiro atoms. The lowest BCUT2D eigenvalue weighted by Crippen LogP contribution is -2.43. The number of fused-ring (bicyclic) bond motifs is 2. The van der Waals surface area contributed by atoms with Crippen LogP contribution in [0.15, 0.2) is 30.3 Å². The summed E-state index contributed by atoms with van der Waals surface area (Å²) in [6.45, 7) is 1.68. The second-order valence-corrected chi connectivity index (χ2v) is 7.39. The van der Waals surface area contributed by atoms with Gasteiger partial charge in [0.1, 0.15) is 12.4 Å². The molecule has 0 fully saturated rings. The molecule has 6 heteroatoms. The van der Waals surface area contributed by atoms with Gasteiger partial charge in [-0.1, -0.05) is 11.6 Å². The fourth-order valence-electron chi connectivity index (χ4n) is 3.85. The first kappa shape index (κ1) is 18.0. The van der Waals surface area contributed by atoms with Crippen LogP contribution in [0.2, 0.25) is 5.02 Å². The van der Waals surface area contributed by atoms with Crippen molar-refractivity contribution >= 4 is 17.5 Å². The Balaban J connectivity index is 1.51. The minimum atomic E-state index is -0.183. The Morgan fingerprint density at radius 2 is 1.85 bits per heavy atom. The number of carbonyl (C=O) groups excluding carboxylic acids is 1. The van der Waals surface area contributed by atoms with Gasteiger partial charge in [0.05, 0.1) is 20.1 Å². The Bertz CT molecular complexity index is 883. The molecule has 0 N–H and O–H groups in total. The SMILES string of the molecule is COc1cc2c(cc1OC)CN(C(=O)[C@H]1COc3ccc(Cl)cc3C1)CC2. The molecule has 27 heavy (non-hydrogen) atoms. The Morgan fingerprint density at radius 1 is 1.11 bits per heavy atom. The molecule has 2 aromatic rings. The number of carbonyl (C=O) groups is 1. The summed E-state index contributed by atoms with van der Waals surface area (Å²) in [5, 5.41) is 0.665. The van der Waals surface area contributed by atoms with E-state index in [1.165, 1.54) is 5.56 Å². The van der Waals surface area contributed by atoms with Crippen LogP contribution in [-0.2, 0) is 24.2 Å². The van der Waals surface area contributed by atoms with Crippen molar-refractivity contribution < 1.29 is 19.0 Å². The van der Waals surface area contributed by atoms with Gasteiger partial charge in [0.25, 0.3) is 0 Å². The van der Waals surface area contributed by atoms with Gasteiger partial charge in [0.2, 0.25) is 5.91 Å². The highest BCUT2D eigenvalue weighted by molar-refractivity contribution is 6.30. The van der Waals surface area contributed by atoms with Gasteiger partial charge in [-0.05, 0) is 59.9 Å². The van der Waals surface area contributed by atoms with Crippen LogP contribution < -0.4 is 14.2 Å². The molecule has 4 rings (SSSR count). The topological polar surface area (TPSA) is 48.0 Å². The first-order valence-corrected chi connectivity index (χ1v) is 9.40. The first-order chi connectivity index (χ1) is 13.1. The van der Waals surface area contributed by atoms with Gasteiger partial charge in [0.15, 0.2) is 11.5 Å². The second-order valence-electron chi connectivity index (χ2n) is 6.95. The van der Waals surface area contributed by atoms with Crippen LogP contribution in [0.25, 0.3) is 0 Å². The lowest BCUT2D eigenvalue weighted by atomic mass is 9.93. The van der Waals surface area contributed by atoms with Crippen molar-refractivity contribution in [1.29, 1.82) is 0 Å². The standard InChI is InChI=1S/C21H22ClNO4/c1-25-19-9-13-5-6-23(11-15(13)10-20(19)26-2)21(24)16-7-14-8-17(22)3-4-18(14)27-12-16/h3-4,8-10,16H,5-7,11-12H2,1-2H3/t16-/m1/s1. The summed E-state index contributed by atoms with van der Waals surface area (Å²) in [6, 6.07) is 9.55. The predicted molar refractivity (Wildman–Crippen MR) is 103 cm³/mol. The lowest BCUT2D eigenvalue weighted by molar-refractivity contribution is -0.137. The molecular formula is C21H22ClNO4. The number of amides is 1. The summed E-state index contributed by atoms with van der Waals surface area (Å²) in [6.07, 6.45) is 1.46. The highest BCUT2D eigenvalue weighted by atomic mass is 35.5. The monoisotopic (exact) mass is 387 g/mol. The quantitative estimate of drug-likeness (QED) is 0.808. The number of ether oxygens (including phenoxy) is 3. The van der Waals surface area contributed by atoms with Gasteiger partial charge in [-0.25, -0.2) is 0 Å². The molecule has 0 bridgehead atoms. The molecule has 0 radical (unpaired) electrons. The van der Waals surface area contributed by atoms with Gasteiger partial charge in [0, 0.05) is 18.1 Å². The zero-order valence-electron chi connectivity index (χ0n) is 15.5. The average Bonchev–Trinajstić information content (AvgIpc) is 2.71. The summed E-state index contributed by atoms with van der Waals surface area (Å²) in [7, 11) is 3.26. The number of benzene rings is 2. The summed E-state index contributed by atoms with van der Waals surface area (Å²) < 4.78 is 16.6. The third kappa shape index (κ3) is 3.44. The van der Waals surface area contributed by atoms with Gasteiger partial charge < -0.3 is 19.1 Å². The number of halogens is 1. The minimum absolute atomic E-state index is 0.126. The number of methoxy groups -OCH3 is 2. The first-order valence-electron chi connectivity index (χ1n) is 9.03. The molecule has 2 heterocycles. The third-order valence-electron chi connectivity index (χ3n) is 5.31. The van der Waals surface area contributed by atoms with E-state index in [9.17, 15) is 4.79 Å². The van der Waals surface area contributed by atoms with Crippen LogP contribution >= 0.6 is 11.6 Å². The Hall–Kier alpha value is -2.40. The average molecular weight is 388 g/mol. The molecule has 1 atom stereocenters.